The first-order valence-corrected chi connectivity index (χ1v) is 10.1. The number of nitrogens with zero attached hydrogens (tertiary/aromatic N) is 2. The average molecular weight is 424 g/mol. The lowest BCUT2D eigenvalue weighted by Gasteiger charge is -2.08. The van der Waals surface area contributed by atoms with Gasteiger partial charge in [-0.15, -0.1) is 11.3 Å². The molecule has 4 aromatic rings. The van der Waals surface area contributed by atoms with Gasteiger partial charge in [-0.2, -0.15) is 0 Å². The van der Waals surface area contributed by atoms with E-state index in [0.29, 0.717) is 16.9 Å². The maximum Gasteiger partial charge on any atom is 0.264 e. The third-order valence-corrected chi connectivity index (χ3v) is 5.73. The van der Waals surface area contributed by atoms with Crippen LogP contribution in [-0.2, 0) is 13.0 Å². The Labute approximate surface area is 175 Å². The Balaban J connectivity index is 1.67. The lowest BCUT2D eigenvalue weighted by atomic mass is 10.1. The number of nitrogens with two attached hydrogens (primary N) is 1. The van der Waals surface area contributed by atoms with E-state index in [-0.39, 0.29) is 28.1 Å². The standard InChI is InChI=1S/C22H18F2N4OS/c23-20(24)16-10-15(9-13-5-2-1-3-6-13)28-22-17(16)18(25)19(30-22)21(29)27-12-14-7-4-8-26-11-14/h1-8,10-11,20H,9,12,25H2,(H,27,29). The molecule has 3 aromatic heterocycles. The maximum atomic E-state index is 13.8. The van der Waals surface area contributed by atoms with Crippen LogP contribution >= 0.6 is 11.3 Å². The Kier molecular flexibility index (Phi) is 5.67. The average Bonchev–Trinajstić information content (AvgIpc) is 3.09. The number of nitrogens with one attached hydrogen (secondary N) is 1. The number of carbonyl (C=O) groups excluding carboxylic acids is 1. The first-order valence-electron chi connectivity index (χ1n) is 9.24. The molecule has 1 amide bonds. The first kappa shape index (κ1) is 19.9. The van der Waals surface area contributed by atoms with Gasteiger partial charge in [-0.1, -0.05) is 36.4 Å². The van der Waals surface area contributed by atoms with Crippen molar-refractivity contribution in [3.05, 3.63) is 88.2 Å². The minimum atomic E-state index is -2.73. The van der Waals surface area contributed by atoms with Crippen molar-refractivity contribution in [2.45, 2.75) is 19.4 Å². The number of nitrogen functional groups attached to an aromatic ring is 1. The second-order valence-corrected chi connectivity index (χ2v) is 7.73. The van der Waals surface area contributed by atoms with Crippen LogP contribution in [0.4, 0.5) is 14.5 Å². The Hall–Kier alpha value is -3.39. The fourth-order valence-corrected chi connectivity index (χ4v) is 4.27. The van der Waals surface area contributed by atoms with Gasteiger partial charge in [0.25, 0.3) is 12.3 Å². The fraction of sp³-hybridized carbons (Fsp3) is 0.136. The highest BCUT2D eigenvalue weighted by molar-refractivity contribution is 7.21. The van der Waals surface area contributed by atoms with Crippen LogP contribution in [0.3, 0.4) is 0 Å². The molecule has 0 atom stereocenters. The molecule has 1 aromatic carbocycles. The number of hydrogen-bond acceptors (Lipinski definition) is 5. The Morgan fingerprint density at radius 2 is 1.90 bits per heavy atom. The molecule has 3 heterocycles. The number of thiophene rings is 1. The smallest absolute Gasteiger partial charge is 0.264 e. The summed E-state index contributed by atoms with van der Waals surface area (Å²) in [6.07, 6.45) is 0.964. The molecule has 0 saturated heterocycles. The van der Waals surface area contributed by atoms with Crippen LogP contribution in [0.25, 0.3) is 10.2 Å². The molecule has 0 aliphatic rings. The van der Waals surface area contributed by atoms with Gasteiger partial charge in [0.2, 0.25) is 0 Å². The predicted molar refractivity (Wildman–Crippen MR) is 114 cm³/mol. The molecule has 8 heteroatoms. The van der Waals surface area contributed by atoms with E-state index >= 15 is 0 Å². The number of anilines is 1. The molecule has 4 rings (SSSR count). The van der Waals surface area contributed by atoms with Crippen molar-refractivity contribution in [3.8, 4) is 0 Å². The number of rotatable bonds is 6. The van der Waals surface area contributed by atoms with Gasteiger partial charge >= 0.3 is 0 Å². The number of carbonyl (C=O) groups is 1. The van der Waals surface area contributed by atoms with Crippen LogP contribution in [0.15, 0.2) is 60.9 Å². The zero-order valence-electron chi connectivity index (χ0n) is 15.8. The molecule has 3 N–H and O–H groups in total. The van der Waals surface area contributed by atoms with Gasteiger partial charge < -0.3 is 11.1 Å². The number of fused-ring (bicyclic) bond motifs is 1. The molecule has 0 bridgehead atoms. The SMILES string of the molecule is Nc1c(C(=O)NCc2cccnc2)sc2nc(Cc3ccccc3)cc(C(F)F)c12. The lowest BCUT2D eigenvalue weighted by molar-refractivity contribution is 0.0955. The van der Waals surface area contributed by atoms with E-state index in [4.69, 9.17) is 5.73 Å². The molecule has 0 spiro atoms. The maximum absolute atomic E-state index is 13.8. The van der Waals surface area contributed by atoms with Gasteiger partial charge in [-0.05, 0) is 23.3 Å². The Morgan fingerprint density at radius 3 is 2.60 bits per heavy atom. The summed E-state index contributed by atoms with van der Waals surface area (Å²) < 4.78 is 27.6. The quantitative estimate of drug-likeness (QED) is 0.469. The molecular formula is C22H18F2N4OS. The summed E-state index contributed by atoms with van der Waals surface area (Å²) in [5, 5.41) is 2.91. The molecule has 0 aliphatic carbocycles. The molecule has 0 aliphatic heterocycles. The molecule has 0 radical (unpaired) electrons. The number of pyridine rings is 2. The fourth-order valence-electron chi connectivity index (χ4n) is 3.21. The van der Waals surface area contributed by atoms with Gasteiger partial charge in [0.15, 0.2) is 0 Å². The van der Waals surface area contributed by atoms with Crippen LogP contribution in [0.5, 0.6) is 0 Å². The van der Waals surface area contributed by atoms with E-state index in [0.717, 1.165) is 22.5 Å². The van der Waals surface area contributed by atoms with E-state index in [1.807, 2.05) is 36.4 Å². The van der Waals surface area contributed by atoms with E-state index in [2.05, 4.69) is 15.3 Å². The Morgan fingerprint density at radius 1 is 1.13 bits per heavy atom. The lowest BCUT2D eigenvalue weighted by Crippen LogP contribution is -2.22. The van der Waals surface area contributed by atoms with Crippen LogP contribution in [0, 0.1) is 0 Å². The minimum absolute atomic E-state index is 0.0350. The zero-order valence-corrected chi connectivity index (χ0v) is 16.6. The van der Waals surface area contributed by atoms with Crippen molar-refractivity contribution in [1.82, 2.24) is 15.3 Å². The van der Waals surface area contributed by atoms with Crippen molar-refractivity contribution in [2.75, 3.05) is 5.73 Å². The summed E-state index contributed by atoms with van der Waals surface area (Å²) in [6.45, 7) is 0.259. The number of halogens is 2. The van der Waals surface area contributed by atoms with Crippen molar-refractivity contribution in [1.29, 1.82) is 0 Å². The molecule has 0 unspecified atom stereocenters. The Bertz CT molecular complexity index is 1180. The molecule has 152 valence electrons. The zero-order chi connectivity index (χ0) is 21.1. The van der Waals surface area contributed by atoms with Gasteiger partial charge in [-0.25, -0.2) is 13.8 Å². The van der Waals surface area contributed by atoms with Crippen LogP contribution in [0.1, 0.15) is 38.5 Å². The first-order chi connectivity index (χ1) is 14.5. The summed E-state index contributed by atoms with van der Waals surface area (Å²) in [7, 11) is 0. The molecule has 0 fully saturated rings. The highest BCUT2D eigenvalue weighted by atomic mass is 32.1. The van der Waals surface area contributed by atoms with Crippen LogP contribution < -0.4 is 11.1 Å². The summed E-state index contributed by atoms with van der Waals surface area (Å²) >= 11 is 1.03. The normalized spacial score (nSPS) is 11.2. The summed E-state index contributed by atoms with van der Waals surface area (Å²) in [5.41, 5.74) is 8.24. The second-order valence-electron chi connectivity index (χ2n) is 6.73. The molecule has 30 heavy (non-hydrogen) atoms. The second kappa shape index (κ2) is 8.54. The number of hydrogen-bond donors (Lipinski definition) is 2. The topological polar surface area (TPSA) is 80.9 Å². The molecule has 5 nitrogen and oxygen atoms in total. The van der Waals surface area contributed by atoms with Crippen LogP contribution in [-0.4, -0.2) is 15.9 Å². The van der Waals surface area contributed by atoms with Crippen LogP contribution in [0.2, 0.25) is 0 Å². The minimum Gasteiger partial charge on any atom is -0.397 e. The highest BCUT2D eigenvalue weighted by Gasteiger charge is 2.24. The third kappa shape index (κ3) is 4.13. The van der Waals surface area contributed by atoms with Gasteiger partial charge in [0, 0.05) is 42.0 Å². The molecule has 0 saturated carbocycles. The number of aromatic nitrogens is 2. The van der Waals surface area contributed by atoms with E-state index in [1.54, 1.807) is 18.5 Å². The highest BCUT2D eigenvalue weighted by Crippen LogP contribution is 2.39. The van der Waals surface area contributed by atoms with Crippen molar-refractivity contribution in [2.24, 2.45) is 0 Å². The van der Waals surface area contributed by atoms with E-state index in [1.165, 1.54) is 6.07 Å². The van der Waals surface area contributed by atoms with Crippen molar-refractivity contribution < 1.29 is 13.6 Å². The van der Waals surface area contributed by atoms with E-state index < -0.39 is 12.3 Å². The van der Waals surface area contributed by atoms with Gasteiger partial charge in [0.1, 0.15) is 9.71 Å². The van der Waals surface area contributed by atoms with Gasteiger partial charge in [0.05, 0.1) is 5.69 Å². The monoisotopic (exact) mass is 424 g/mol. The largest absolute Gasteiger partial charge is 0.397 e. The van der Waals surface area contributed by atoms with Crippen molar-refractivity contribution in [3.63, 3.8) is 0 Å². The number of benzene rings is 1. The predicted octanol–water partition coefficient (Wildman–Crippen LogP) is 4.73. The summed E-state index contributed by atoms with van der Waals surface area (Å²) in [4.78, 5) is 21.7. The molecular weight excluding hydrogens is 406 g/mol. The summed E-state index contributed by atoms with van der Waals surface area (Å²) in [5.74, 6) is -0.427. The third-order valence-electron chi connectivity index (χ3n) is 4.63. The van der Waals surface area contributed by atoms with Gasteiger partial charge in [-0.3, -0.25) is 9.78 Å². The van der Waals surface area contributed by atoms with Crippen molar-refractivity contribution >= 4 is 33.1 Å². The van der Waals surface area contributed by atoms with E-state index in [9.17, 15) is 13.6 Å². The summed E-state index contributed by atoms with van der Waals surface area (Å²) in [6, 6.07) is 14.4. The number of amides is 1. The number of alkyl halides is 2.